The molecule has 2 aromatic carbocycles. The number of para-hydroxylation sites is 1. The maximum Gasteiger partial charge on any atom is 0.260 e. The number of hydrogen-bond donors (Lipinski definition) is 2. The van der Waals surface area contributed by atoms with Crippen LogP contribution in [0.2, 0.25) is 5.02 Å². The van der Waals surface area contributed by atoms with Gasteiger partial charge in [0.05, 0.1) is 18.4 Å². The number of amides is 1. The average molecular weight is 388 g/mol. The summed E-state index contributed by atoms with van der Waals surface area (Å²) in [5, 5.41) is 14.1. The van der Waals surface area contributed by atoms with Crippen LogP contribution >= 0.6 is 11.6 Å². The molecule has 0 saturated carbocycles. The van der Waals surface area contributed by atoms with E-state index in [1.54, 1.807) is 48.5 Å². The number of aromatic nitrogens is 2. The van der Waals surface area contributed by atoms with E-state index < -0.39 is 5.91 Å². The molecule has 0 aliphatic carbocycles. The number of methoxy groups -OCH3 is 1. The van der Waals surface area contributed by atoms with Gasteiger partial charge in [-0.15, -0.1) is 0 Å². The summed E-state index contributed by atoms with van der Waals surface area (Å²) in [7, 11) is 1.48. The van der Waals surface area contributed by atoms with Gasteiger partial charge in [0.1, 0.15) is 12.0 Å². The molecule has 10 heteroatoms. The number of ether oxygens (including phenoxy) is 1. The number of nitrogens with zero attached hydrogens (tertiary/aromatic N) is 3. The molecule has 0 aliphatic rings. The highest BCUT2D eigenvalue weighted by atomic mass is 35.5. The van der Waals surface area contributed by atoms with Gasteiger partial charge in [0.15, 0.2) is 5.69 Å². The standard InChI is InChI=1S/C17H14ClN5O4/c1-25-15-8-3-2-7-13(15)17(24)20-16-14(22-27-23-16)10-19-26-21-12-6-4-5-11(18)9-12/h2-10,21H,1H3,(H,20,23,24)/b19-10+. The van der Waals surface area contributed by atoms with E-state index >= 15 is 0 Å². The van der Waals surface area contributed by atoms with Gasteiger partial charge >= 0.3 is 0 Å². The summed E-state index contributed by atoms with van der Waals surface area (Å²) in [6.07, 6.45) is 1.23. The van der Waals surface area contributed by atoms with Crippen LogP contribution in [0.25, 0.3) is 0 Å². The highest BCUT2D eigenvalue weighted by molar-refractivity contribution is 6.30. The molecule has 1 amide bonds. The fourth-order valence-corrected chi connectivity index (χ4v) is 2.27. The van der Waals surface area contributed by atoms with Crippen LogP contribution in [0, 0.1) is 0 Å². The molecule has 3 rings (SSSR count). The van der Waals surface area contributed by atoms with Gasteiger partial charge in [-0.05, 0) is 40.6 Å². The molecule has 2 N–H and O–H groups in total. The van der Waals surface area contributed by atoms with E-state index in [2.05, 4.69) is 30.9 Å². The number of rotatable bonds is 7. The number of halogens is 1. The first-order valence-corrected chi connectivity index (χ1v) is 8.03. The summed E-state index contributed by atoms with van der Waals surface area (Å²) in [6, 6.07) is 13.7. The zero-order chi connectivity index (χ0) is 19.1. The third kappa shape index (κ3) is 4.73. The van der Waals surface area contributed by atoms with Crippen molar-refractivity contribution in [1.82, 2.24) is 10.3 Å². The van der Waals surface area contributed by atoms with Crippen molar-refractivity contribution < 1.29 is 19.1 Å². The molecule has 1 heterocycles. The van der Waals surface area contributed by atoms with Crippen LogP contribution in [-0.2, 0) is 4.94 Å². The number of anilines is 2. The van der Waals surface area contributed by atoms with Crippen LogP contribution in [0.1, 0.15) is 16.1 Å². The second-order valence-corrected chi connectivity index (χ2v) is 5.53. The van der Waals surface area contributed by atoms with Gasteiger partial charge in [0.25, 0.3) is 5.91 Å². The first-order chi connectivity index (χ1) is 13.2. The van der Waals surface area contributed by atoms with Gasteiger partial charge in [0.2, 0.25) is 5.82 Å². The Morgan fingerprint density at radius 2 is 2.07 bits per heavy atom. The van der Waals surface area contributed by atoms with Crippen LogP contribution < -0.4 is 15.5 Å². The lowest BCUT2D eigenvalue weighted by molar-refractivity contribution is 0.102. The molecule has 0 radical (unpaired) electrons. The molecule has 3 aromatic rings. The first kappa shape index (κ1) is 18.2. The fraction of sp³-hybridized carbons (Fsp3) is 0.0588. The largest absolute Gasteiger partial charge is 0.496 e. The second kappa shape index (κ2) is 8.68. The van der Waals surface area contributed by atoms with Crippen LogP contribution in [0.4, 0.5) is 11.5 Å². The van der Waals surface area contributed by atoms with E-state index in [-0.39, 0.29) is 11.5 Å². The van der Waals surface area contributed by atoms with Gasteiger partial charge < -0.3 is 10.1 Å². The summed E-state index contributed by atoms with van der Waals surface area (Å²) in [6.45, 7) is 0. The Morgan fingerprint density at radius 1 is 1.22 bits per heavy atom. The molecule has 0 spiro atoms. The number of benzene rings is 2. The molecule has 0 fully saturated rings. The Labute approximate surface area is 158 Å². The minimum atomic E-state index is -0.434. The quantitative estimate of drug-likeness (QED) is 0.472. The zero-order valence-corrected chi connectivity index (χ0v) is 14.8. The van der Waals surface area contributed by atoms with Crippen molar-refractivity contribution in [3.8, 4) is 5.75 Å². The monoisotopic (exact) mass is 387 g/mol. The number of carbonyl (C=O) groups excluding carboxylic acids is 1. The Morgan fingerprint density at radius 3 is 2.89 bits per heavy atom. The van der Waals surface area contributed by atoms with Gasteiger partial charge in [0, 0.05) is 5.02 Å². The summed E-state index contributed by atoms with van der Waals surface area (Å²) < 4.78 is 9.80. The van der Waals surface area contributed by atoms with E-state index in [1.165, 1.54) is 13.3 Å². The zero-order valence-electron chi connectivity index (χ0n) is 14.0. The highest BCUT2D eigenvalue weighted by Crippen LogP contribution is 2.19. The predicted octanol–water partition coefficient (Wildman–Crippen LogP) is 3.36. The number of nitrogens with one attached hydrogen (secondary N) is 2. The molecule has 0 bridgehead atoms. The molecule has 0 aliphatic heterocycles. The molecule has 138 valence electrons. The van der Waals surface area contributed by atoms with E-state index in [0.717, 1.165) is 0 Å². The van der Waals surface area contributed by atoms with E-state index in [4.69, 9.17) is 21.3 Å². The molecule has 9 nitrogen and oxygen atoms in total. The minimum absolute atomic E-state index is 0.0843. The normalized spacial score (nSPS) is 10.6. The summed E-state index contributed by atoms with van der Waals surface area (Å²) in [4.78, 5) is 17.3. The number of hydrogen-bond acceptors (Lipinski definition) is 8. The van der Waals surface area contributed by atoms with Crippen LogP contribution in [0.3, 0.4) is 0 Å². The third-order valence-corrected chi connectivity index (χ3v) is 3.55. The Hall–Kier alpha value is -3.59. The van der Waals surface area contributed by atoms with E-state index in [1.807, 2.05) is 0 Å². The molecular formula is C17H14ClN5O4. The molecule has 0 unspecified atom stereocenters. The van der Waals surface area contributed by atoms with Gasteiger partial charge in [-0.1, -0.05) is 35.0 Å². The second-order valence-electron chi connectivity index (χ2n) is 5.09. The van der Waals surface area contributed by atoms with Crippen molar-refractivity contribution in [2.75, 3.05) is 17.9 Å². The lowest BCUT2D eigenvalue weighted by Crippen LogP contribution is -2.14. The van der Waals surface area contributed by atoms with Gasteiger partial charge in [-0.2, -0.15) is 5.48 Å². The number of carbonyl (C=O) groups is 1. The number of oxime groups is 1. The molecule has 27 heavy (non-hydrogen) atoms. The molecule has 0 saturated heterocycles. The fourth-order valence-electron chi connectivity index (χ4n) is 2.08. The smallest absolute Gasteiger partial charge is 0.260 e. The van der Waals surface area contributed by atoms with Crippen LogP contribution in [0.15, 0.2) is 58.3 Å². The van der Waals surface area contributed by atoms with E-state index in [0.29, 0.717) is 22.0 Å². The summed E-state index contributed by atoms with van der Waals surface area (Å²) in [5.41, 5.74) is 3.71. The minimum Gasteiger partial charge on any atom is -0.496 e. The van der Waals surface area contributed by atoms with Crippen molar-refractivity contribution >= 4 is 35.2 Å². The Kier molecular flexibility index (Phi) is 5.85. The van der Waals surface area contributed by atoms with Crippen LogP contribution in [-0.4, -0.2) is 29.5 Å². The Bertz CT molecular complexity index is 960. The van der Waals surface area contributed by atoms with Crippen molar-refractivity contribution in [3.63, 3.8) is 0 Å². The molecule has 1 aromatic heterocycles. The van der Waals surface area contributed by atoms with E-state index in [9.17, 15) is 4.79 Å². The lowest BCUT2D eigenvalue weighted by atomic mass is 10.2. The average Bonchev–Trinajstić information content (AvgIpc) is 3.12. The van der Waals surface area contributed by atoms with Gasteiger partial charge in [-0.3, -0.25) is 9.73 Å². The highest BCUT2D eigenvalue weighted by Gasteiger charge is 2.16. The maximum absolute atomic E-state index is 12.4. The van der Waals surface area contributed by atoms with Crippen molar-refractivity contribution in [2.45, 2.75) is 0 Å². The summed E-state index contributed by atoms with van der Waals surface area (Å²) in [5.74, 6) is 0.0764. The SMILES string of the molecule is COc1ccccc1C(=O)Nc1nonc1/C=N/ONc1cccc(Cl)c1. The lowest BCUT2D eigenvalue weighted by Gasteiger charge is -2.07. The van der Waals surface area contributed by atoms with Crippen molar-refractivity contribution in [3.05, 3.63) is 64.8 Å². The molecular weight excluding hydrogens is 374 g/mol. The Balaban J connectivity index is 1.62. The maximum atomic E-state index is 12.4. The van der Waals surface area contributed by atoms with Gasteiger partial charge in [-0.25, -0.2) is 4.63 Å². The molecule has 0 atom stereocenters. The van der Waals surface area contributed by atoms with Crippen molar-refractivity contribution in [2.24, 2.45) is 5.16 Å². The predicted molar refractivity (Wildman–Crippen MR) is 99.0 cm³/mol. The van der Waals surface area contributed by atoms with Crippen LogP contribution in [0.5, 0.6) is 5.75 Å². The first-order valence-electron chi connectivity index (χ1n) is 7.65. The topological polar surface area (TPSA) is 111 Å². The third-order valence-electron chi connectivity index (χ3n) is 3.31. The summed E-state index contributed by atoms with van der Waals surface area (Å²) >= 11 is 5.87. The van der Waals surface area contributed by atoms with Crippen molar-refractivity contribution in [1.29, 1.82) is 0 Å².